The van der Waals surface area contributed by atoms with Crippen molar-refractivity contribution in [2.45, 2.75) is 32.0 Å². The fourth-order valence-electron chi connectivity index (χ4n) is 3.79. The van der Waals surface area contributed by atoms with Gasteiger partial charge in [0.25, 0.3) is 5.69 Å². The lowest BCUT2D eigenvalue weighted by Crippen LogP contribution is -2.34. The molecule has 1 aromatic rings. The minimum atomic E-state index is -0.539. The van der Waals surface area contributed by atoms with E-state index in [1.54, 1.807) is 6.92 Å². The topological polar surface area (TPSA) is 103 Å². The van der Waals surface area contributed by atoms with Gasteiger partial charge in [-0.1, -0.05) is 0 Å². The molecule has 4 heterocycles. The third-order valence-electron chi connectivity index (χ3n) is 4.78. The number of aryl methyl sites for hydroxylation is 1. The molecule has 8 nitrogen and oxygen atoms in total. The molecule has 8 heteroatoms. The highest BCUT2D eigenvalue weighted by Gasteiger charge is 2.62. The maximum Gasteiger partial charge on any atom is 0.290 e. The summed E-state index contributed by atoms with van der Waals surface area (Å²) >= 11 is 0. The number of imide groups is 1. The van der Waals surface area contributed by atoms with E-state index >= 15 is 0 Å². The Morgan fingerprint density at radius 1 is 1.27 bits per heavy atom. The molecule has 3 fully saturated rings. The number of nitro groups is 1. The highest BCUT2D eigenvalue weighted by molar-refractivity contribution is 6.22. The van der Waals surface area contributed by atoms with Crippen LogP contribution < -0.4 is 4.90 Å². The number of hydrogen-bond donors (Lipinski definition) is 0. The number of ether oxygens (including phenoxy) is 1. The zero-order valence-corrected chi connectivity index (χ0v) is 11.8. The van der Waals surface area contributed by atoms with Crippen molar-refractivity contribution in [3.63, 3.8) is 0 Å². The van der Waals surface area contributed by atoms with Crippen molar-refractivity contribution in [1.82, 2.24) is 4.98 Å². The Kier molecular flexibility index (Phi) is 2.62. The van der Waals surface area contributed by atoms with Crippen LogP contribution in [0.2, 0.25) is 0 Å². The van der Waals surface area contributed by atoms with Crippen molar-refractivity contribution >= 4 is 23.3 Å². The molecule has 1 aromatic heterocycles. The van der Waals surface area contributed by atoms with Gasteiger partial charge >= 0.3 is 0 Å². The van der Waals surface area contributed by atoms with Gasteiger partial charge in [0, 0.05) is 5.56 Å². The summed E-state index contributed by atoms with van der Waals surface area (Å²) in [5, 5.41) is 10.8. The van der Waals surface area contributed by atoms with E-state index in [2.05, 4.69) is 4.98 Å². The van der Waals surface area contributed by atoms with Crippen molar-refractivity contribution < 1.29 is 19.2 Å². The molecule has 0 unspecified atom stereocenters. The van der Waals surface area contributed by atoms with Crippen LogP contribution in [-0.2, 0) is 14.3 Å². The molecule has 0 radical (unpaired) electrons. The van der Waals surface area contributed by atoms with Gasteiger partial charge < -0.3 is 4.74 Å². The van der Waals surface area contributed by atoms with Crippen LogP contribution in [0.25, 0.3) is 0 Å². The van der Waals surface area contributed by atoms with Gasteiger partial charge in [-0.05, 0) is 25.8 Å². The standard InChI is InChI=1S/C14H13N3O5/c1-6-4-10(15-5-7(6)17(20)21)16-13(18)11-8-2-3-9(22-8)12(11)14(16)19/h4-5,8-9,11-12H,2-3H2,1H3/t8-,9+,11-,12+. The summed E-state index contributed by atoms with van der Waals surface area (Å²) in [5.41, 5.74) is 0.235. The average Bonchev–Trinajstić information content (AvgIpc) is 3.12. The third kappa shape index (κ3) is 1.58. The summed E-state index contributed by atoms with van der Waals surface area (Å²) < 4.78 is 5.66. The van der Waals surface area contributed by atoms with E-state index in [0.29, 0.717) is 5.56 Å². The molecule has 2 bridgehead atoms. The first kappa shape index (κ1) is 13.3. The average molecular weight is 303 g/mol. The minimum absolute atomic E-state index is 0.133. The van der Waals surface area contributed by atoms with E-state index in [-0.39, 0.29) is 35.5 Å². The maximum atomic E-state index is 12.6. The maximum absolute atomic E-state index is 12.6. The quantitative estimate of drug-likeness (QED) is 0.458. The van der Waals surface area contributed by atoms with E-state index in [4.69, 9.17) is 4.74 Å². The molecular weight excluding hydrogens is 290 g/mol. The lowest BCUT2D eigenvalue weighted by atomic mass is 9.81. The summed E-state index contributed by atoms with van der Waals surface area (Å²) in [6.07, 6.45) is 2.31. The summed E-state index contributed by atoms with van der Waals surface area (Å²) in [7, 11) is 0. The van der Waals surface area contributed by atoms with Gasteiger partial charge in [-0.25, -0.2) is 9.88 Å². The zero-order chi connectivity index (χ0) is 15.6. The molecule has 114 valence electrons. The number of rotatable bonds is 2. The van der Waals surface area contributed by atoms with Crippen LogP contribution in [0.15, 0.2) is 12.3 Å². The molecule has 0 N–H and O–H groups in total. The molecule has 3 aliphatic heterocycles. The number of fused-ring (bicyclic) bond motifs is 5. The van der Waals surface area contributed by atoms with Crippen LogP contribution >= 0.6 is 0 Å². The number of amides is 2. The van der Waals surface area contributed by atoms with Crippen molar-refractivity contribution in [2.24, 2.45) is 11.8 Å². The summed E-state index contributed by atoms with van der Waals surface area (Å²) in [5.74, 6) is -1.30. The van der Waals surface area contributed by atoms with Crippen molar-refractivity contribution in [3.05, 3.63) is 27.9 Å². The van der Waals surface area contributed by atoms with Gasteiger partial charge in [0.2, 0.25) is 11.8 Å². The first-order valence-corrected chi connectivity index (χ1v) is 7.13. The number of aromatic nitrogens is 1. The fourth-order valence-corrected chi connectivity index (χ4v) is 3.79. The second-order valence-corrected chi connectivity index (χ2v) is 5.94. The summed E-state index contributed by atoms with van der Waals surface area (Å²) in [6, 6.07) is 1.41. The first-order valence-electron chi connectivity index (χ1n) is 7.13. The van der Waals surface area contributed by atoms with Crippen molar-refractivity contribution in [2.75, 3.05) is 4.90 Å². The van der Waals surface area contributed by atoms with Crippen LogP contribution in [0.1, 0.15) is 18.4 Å². The van der Waals surface area contributed by atoms with Gasteiger partial charge in [0.05, 0.1) is 29.0 Å². The smallest absolute Gasteiger partial charge is 0.290 e. The Balaban J connectivity index is 1.72. The molecular formula is C14H13N3O5. The van der Waals surface area contributed by atoms with Gasteiger partial charge in [-0.15, -0.1) is 0 Å². The molecule has 22 heavy (non-hydrogen) atoms. The third-order valence-corrected chi connectivity index (χ3v) is 4.78. The molecule has 0 aromatic carbocycles. The molecule has 4 atom stereocenters. The Morgan fingerprint density at radius 2 is 1.86 bits per heavy atom. The molecule has 2 amide bonds. The Labute approximate surface area is 125 Å². The molecule has 3 saturated heterocycles. The van der Waals surface area contributed by atoms with E-state index < -0.39 is 16.8 Å². The van der Waals surface area contributed by atoms with Crippen LogP contribution in [0.3, 0.4) is 0 Å². The highest BCUT2D eigenvalue weighted by Crippen LogP contribution is 2.49. The second kappa shape index (κ2) is 4.33. The first-order chi connectivity index (χ1) is 10.5. The van der Waals surface area contributed by atoms with Crippen molar-refractivity contribution in [3.8, 4) is 0 Å². The normalized spacial score (nSPS) is 32.7. The Morgan fingerprint density at radius 3 is 2.36 bits per heavy atom. The van der Waals surface area contributed by atoms with Crippen LogP contribution in [0.5, 0.6) is 0 Å². The molecule has 4 rings (SSSR count). The zero-order valence-electron chi connectivity index (χ0n) is 11.8. The fraction of sp³-hybridized carbons (Fsp3) is 0.500. The van der Waals surface area contributed by atoms with E-state index in [1.807, 2.05) is 0 Å². The summed E-state index contributed by atoms with van der Waals surface area (Å²) in [6.45, 7) is 1.56. The van der Waals surface area contributed by atoms with Crippen LogP contribution in [0, 0.1) is 28.9 Å². The van der Waals surface area contributed by atoms with E-state index in [0.717, 1.165) is 23.9 Å². The predicted octanol–water partition coefficient (Wildman–Crippen LogP) is 0.965. The Bertz CT molecular complexity index is 690. The molecule has 3 aliphatic rings. The van der Waals surface area contributed by atoms with Crippen molar-refractivity contribution in [1.29, 1.82) is 0 Å². The lowest BCUT2D eigenvalue weighted by molar-refractivity contribution is -0.385. The van der Waals surface area contributed by atoms with E-state index in [1.165, 1.54) is 6.07 Å². The van der Waals surface area contributed by atoms with Gasteiger partial charge in [0.1, 0.15) is 12.0 Å². The monoisotopic (exact) mass is 303 g/mol. The number of anilines is 1. The number of pyridine rings is 1. The number of carbonyl (C=O) groups excluding carboxylic acids is 2. The predicted molar refractivity (Wildman–Crippen MR) is 73.0 cm³/mol. The van der Waals surface area contributed by atoms with Crippen LogP contribution in [-0.4, -0.2) is 33.9 Å². The van der Waals surface area contributed by atoms with Crippen LogP contribution in [0.4, 0.5) is 11.5 Å². The minimum Gasteiger partial charge on any atom is -0.373 e. The lowest BCUT2D eigenvalue weighted by Gasteiger charge is -2.16. The molecule has 0 saturated carbocycles. The van der Waals surface area contributed by atoms with Gasteiger partial charge in [-0.2, -0.15) is 0 Å². The largest absolute Gasteiger partial charge is 0.373 e. The second-order valence-electron chi connectivity index (χ2n) is 5.94. The molecule has 0 aliphatic carbocycles. The number of nitrogens with zero attached hydrogens (tertiary/aromatic N) is 3. The van der Waals surface area contributed by atoms with Gasteiger partial charge in [0.15, 0.2) is 0 Å². The van der Waals surface area contributed by atoms with E-state index in [9.17, 15) is 19.7 Å². The molecule has 0 spiro atoms. The number of carbonyl (C=O) groups is 2. The van der Waals surface area contributed by atoms with Gasteiger partial charge in [-0.3, -0.25) is 19.7 Å². The summed E-state index contributed by atoms with van der Waals surface area (Å²) in [4.78, 5) is 40.4. The number of hydrogen-bond acceptors (Lipinski definition) is 6. The highest BCUT2D eigenvalue weighted by atomic mass is 16.6. The SMILES string of the molecule is Cc1cc(N2C(=O)[C@@H]3[C@H](C2=O)[C@H]2CC[C@@H]3O2)ncc1[N+](=O)[O-]. The Hall–Kier alpha value is -2.35.